The number of rotatable bonds is 5. The van der Waals surface area contributed by atoms with Gasteiger partial charge >= 0.3 is 5.97 Å². The quantitative estimate of drug-likeness (QED) is 0.582. The van der Waals surface area contributed by atoms with E-state index in [1.165, 1.54) is 16.3 Å². The predicted octanol–water partition coefficient (Wildman–Crippen LogP) is 4.37. The zero-order valence-electron chi connectivity index (χ0n) is 19.1. The summed E-state index contributed by atoms with van der Waals surface area (Å²) in [4.78, 5) is 25.9. The second kappa shape index (κ2) is 8.20. The van der Waals surface area contributed by atoms with Crippen molar-refractivity contribution in [2.75, 3.05) is 18.0 Å². The van der Waals surface area contributed by atoms with Crippen LogP contribution in [0.2, 0.25) is 0 Å². The average Bonchev–Trinajstić information content (AvgIpc) is 3.56. The van der Waals surface area contributed by atoms with E-state index in [1.807, 2.05) is 12.1 Å². The highest BCUT2D eigenvalue weighted by molar-refractivity contribution is 5.94. The summed E-state index contributed by atoms with van der Waals surface area (Å²) >= 11 is 0. The van der Waals surface area contributed by atoms with Gasteiger partial charge in [0.05, 0.1) is 10.9 Å². The van der Waals surface area contributed by atoms with E-state index >= 15 is 8.78 Å². The minimum atomic E-state index is -1.41. The Morgan fingerprint density at radius 2 is 1.82 bits per heavy atom. The molecule has 5 rings (SSSR count). The molecular weight excluding hydrogens is 440 g/mol. The van der Waals surface area contributed by atoms with Gasteiger partial charge in [-0.05, 0) is 36.0 Å². The number of anilines is 1. The number of carboxylic acid groups (broad SMARTS) is 1. The Morgan fingerprint density at radius 1 is 1.15 bits per heavy atom. The van der Waals surface area contributed by atoms with Gasteiger partial charge in [0.1, 0.15) is 17.1 Å². The number of aromatic nitrogens is 1. The maximum Gasteiger partial charge on any atom is 0.341 e. The molecule has 6 nitrogen and oxygen atoms in total. The summed E-state index contributed by atoms with van der Waals surface area (Å²) in [7, 11) is 0. The number of nitrogens with zero attached hydrogens (tertiary/aromatic N) is 2. The van der Waals surface area contributed by atoms with E-state index in [9.17, 15) is 14.7 Å². The van der Waals surface area contributed by atoms with E-state index in [0.717, 1.165) is 24.5 Å². The van der Waals surface area contributed by atoms with E-state index in [0.29, 0.717) is 12.5 Å². The van der Waals surface area contributed by atoms with Crippen molar-refractivity contribution >= 4 is 22.6 Å². The first-order valence-electron chi connectivity index (χ1n) is 11.6. The molecule has 2 fully saturated rings. The van der Waals surface area contributed by atoms with Gasteiger partial charge in [-0.1, -0.05) is 38.1 Å². The van der Waals surface area contributed by atoms with Crippen molar-refractivity contribution in [3.63, 3.8) is 0 Å². The summed E-state index contributed by atoms with van der Waals surface area (Å²) in [5, 5.41) is 9.15. The molecule has 0 bridgehead atoms. The number of carbonyl (C=O) groups is 1. The maximum absolute atomic E-state index is 15.9. The van der Waals surface area contributed by atoms with Gasteiger partial charge in [0.2, 0.25) is 5.43 Å². The van der Waals surface area contributed by atoms with E-state index in [-0.39, 0.29) is 41.1 Å². The lowest BCUT2D eigenvalue weighted by atomic mass is 9.92. The van der Waals surface area contributed by atoms with Crippen molar-refractivity contribution in [2.24, 2.45) is 5.73 Å². The fraction of sp³-hybridized carbons (Fsp3) is 0.385. The van der Waals surface area contributed by atoms with Crippen LogP contribution in [-0.4, -0.2) is 34.8 Å². The van der Waals surface area contributed by atoms with Gasteiger partial charge in [-0.15, -0.1) is 0 Å². The molecule has 0 unspecified atom stereocenters. The van der Waals surface area contributed by atoms with E-state index in [1.54, 1.807) is 4.90 Å². The summed E-state index contributed by atoms with van der Waals surface area (Å²) in [6, 6.07) is 8.70. The molecule has 1 aromatic heterocycles. The Morgan fingerprint density at radius 3 is 2.41 bits per heavy atom. The summed E-state index contributed by atoms with van der Waals surface area (Å²) in [6.45, 7) is 4.83. The van der Waals surface area contributed by atoms with Gasteiger partial charge in [0, 0.05) is 37.3 Å². The second-order valence-electron chi connectivity index (χ2n) is 9.73. The highest BCUT2D eigenvalue weighted by Gasteiger charge is 2.36. The number of benzene rings is 2. The molecule has 1 aliphatic carbocycles. The predicted molar refractivity (Wildman–Crippen MR) is 127 cm³/mol. The highest BCUT2D eigenvalue weighted by atomic mass is 19.1. The van der Waals surface area contributed by atoms with E-state index in [2.05, 4.69) is 26.0 Å². The fourth-order valence-electron chi connectivity index (χ4n) is 5.01. The zero-order chi connectivity index (χ0) is 24.3. The molecule has 34 heavy (non-hydrogen) atoms. The normalized spacial score (nSPS) is 20.5. The average molecular weight is 468 g/mol. The van der Waals surface area contributed by atoms with Crippen molar-refractivity contribution in [3.8, 4) is 0 Å². The van der Waals surface area contributed by atoms with Crippen molar-refractivity contribution in [2.45, 2.75) is 50.6 Å². The third-order valence-corrected chi connectivity index (χ3v) is 7.07. The van der Waals surface area contributed by atoms with E-state index < -0.39 is 28.6 Å². The number of pyridine rings is 1. The van der Waals surface area contributed by atoms with Crippen LogP contribution in [-0.2, 0) is 0 Å². The molecule has 0 radical (unpaired) electrons. The largest absolute Gasteiger partial charge is 0.477 e. The Labute approximate surface area is 195 Å². The molecule has 178 valence electrons. The Balaban J connectivity index is 1.58. The number of halogens is 2. The maximum atomic E-state index is 15.9. The zero-order valence-corrected chi connectivity index (χ0v) is 19.1. The SMILES string of the molecule is CC(C)c1ccc([C@@H]2CN(c3c(F)cc4c(=O)c(C(=O)O)cn(C5CC5)c4c3F)C[C@H]2N)cc1. The number of hydrogen-bond acceptors (Lipinski definition) is 4. The Hall–Kier alpha value is -3.26. The summed E-state index contributed by atoms with van der Waals surface area (Å²) in [5.74, 6) is -2.86. The third kappa shape index (κ3) is 3.66. The van der Waals surface area contributed by atoms with Crippen LogP contribution < -0.4 is 16.1 Å². The van der Waals surface area contributed by atoms with Crippen molar-refractivity contribution in [3.05, 3.63) is 75.1 Å². The molecule has 0 amide bonds. The lowest BCUT2D eigenvalue weighted by Crippen LogP contribution is -2.29. The Bertz CT molecular complexity index is 1350. The van der Waals surface area contributed by atoms with Gasteiger partial charge in [-0.25, -0.2) is 13.6 Å². The topological polar surface area (TPSA) is 88.6 Å². The first-order chi connectivity index (χ1) is 16.2. The Kier molecular flexibility index (Phi) is 5.43. The minimum Gasteiger partial charge on any atom is -0.477 e. The molecule has 2 aliphatic rings. The molecule has 1 aliphatic heterocycles. The van der Waals surface area contributed by atoms with Gasteiger partial charge in [-0.3, -0.25) is 4.79 Å². The number of hydrogen-bond donors (Lipinski definition) is 2. The van der Waals surface area contributed by atoms with Crippen LogP contribution >= 0.6 is 0 Å². The van der Waals surface area contributed by atoms with E-state index in [4.69, 9.17) is 5.73 Å². The van der Waals surface area contributed by atoms with Crippen molar-refractivity contribution in [1.29, 1.82) is 0 Å². The van der Waals surface area contributed by atoms with Gasteiger partial charge < -0.3 is 20.3 Å². The van der Waals surface area contributed by atoms with Gasteiger partial charge in [-0.2, -0.15) is 0 Å². The van der Waals surface area contributed by atoms with Crippen LogP contribution in [0, 0.1) is 11.6 Å². The molecule has 2 aromatic carbocycles. The highest BCUT2D eigenvalue weighted by Crippen LogP contribution is 2.41. The molecule has 2 heterocycles. The van der Waals surface area contributed by atoms with Crippen molar-refractivity contribution < 1.29 is 18.7 Å². The molecule has 8 heteroatoms. The number of carboxylic acids is 1. The number of fused-ring (bicyclic) bond motifs is 1. The lowest BCUT2D eigenvalue weighted by molar-refractivity contribution is 0.0694. The van der Waals surface area contributed by atoms with Crippen LogP contribution in [0.1, 0.15) is 66.1 Å². The summed E-state index contributed by atoms with van der Waals surface area (Å²) in [5.41, 5.74) is 6.99. The smallest absolute Gasteiger partial charge is 0.341 e. The third-order valence-electron chi connectivity index (χ3n) is 7.07. The fourth-order valence-corrected chi connectivity index (χ4v) is 5.01. The molecule has 2 atom stereocenters. The van der Waals surface area contributed by atoms with Gasteiger partial charge in [0.25, 0.3) is 0 Å². The molecule has 0 spiro atoms. The van der Waals surface area contributed by atoms with Crippen LogP contribution in [0.4, 0.5) is 14.5 Å². The van der Waals surface area contributed by atoms with Crippen LogP contribution in [0.5, 0.6) is 0 Å². The first-order valence-corrected chi connectivity index (χ1v) is 11.6. The molecule has 1 saturated carbocycles. The van der Waals surface area contributed by atoms with Crippen molar-refractivity contribution in [1.82, 2.24) is 4.57 Å². The minimum absolute atomic E-state index is 0.0489. The van der Waals surface area contributed by atoms with Gasteiger partial charge in [0.15, 0.2) is 5.82 Å². The second-order valence-corrected chi connectivity index (χ2v) is 9.73. The summed E-state index contributed by atoms with van der Waals surface area (Å²) < 4.78 is 32.7. The van der Waals surface area contributed by atoms with Crippen LogP contribution in [0.3, 0.4) is 0 Å². The molecule has 3 N–H and O–H groups in total. The molecule has 3 aromatic rings. The number of nitrogens with two attached hydrogens (primary N) is 1. The van der Waals surface area contributed by atoms with Crippen LogP contribution in [0.25, 0.3) is 10.9 Å². The van der Waals surface area contributed by atoms with Crippen LogP contribution in [0.15, 0.2) is 41.3 Å². The monoisotopic (exact) mass is 467 g/mol. The molecule has 1 saturated heterocycles. The molecular formula is C26H27F2N3O3. The summed E-state index contributed by atoms with van der Waals surface area (Å²) in [6.07, 6.45) is 2.67. The first kappa shape index (κ1) is 22.5. The standard InChI is InChI=1S/C26H27F2N3O3/c1-13(2)14-3-5-15(6-4-14)18-10-30(12-21(18)29)24-20(27)9-17-23(22(24)28)31(16-7-8-16)11-19(25(17)32)26(33)34/h3-6,9,11,13,16,18,21H,7-8,10,12,29H2,1-2H3,(H,33,34)/t18-,21+/m0/s1. The number of aromatic carboxylic acids is 1. The lowest BCUT2D eigenvalue weighted by Gasteiger charge is -2.22.